The molecule has 4 rings (SSSR count). The molecule has 0 bridgehead atoms. The number of rotatable bonds is 4. The normalized spacial score (nSPS) is 18.6. The topological polar surface area (TPSA) is 139 Å². The first-order valence-electron chi connectivity index (χ1n) is 8.27. The highest BCUT2D eigenvalue weighted by atomic mass is 32.2. The first-order valence-corrected chi connectivity index (χ1v) is 10.2. The van der Waals surface area contributed by atoms with Crippen molar-refractivity contribution in [2.75, 3.05) is 11.6 Å². The minimum atomic E-state index is -3.69. The van der Waals surface area contributed by atoms with Gasteiger partial charge in [-0.15, -0.1) is 0 Å². The van der Waals surface area contributed by atoms with Gasteiger partial charge in [0, 0.05) is 17.5 Å². The zero-order valence-electron chi connectivity index (χ0n) is 14.7. The van der Waals surface area contributed by atoms with Gasteiger partial charge in [-0.25, -0.2) is 8.42 Å². The van der Waals surface area contributed by atoms with Crippen molar-refractivity contribution in [1.82, 2.24) is 24.9 Å². The van der Waals surface area contributed by atoms with E-state index in [1.54, 1.807) is 18.2 Å². The maximum absolute atomic E-state index is 12.1. The fourth-order valence-electron chi connectivity index (χ4n) is 2.78. The molecule has 144 valence electrons. The molecule has 1 saturated heterocycles. The number of aliphatic hydroxyl groups is 1. The summed E-state index contributed by atoms with van der Waals surface area (Å²) in [6.45, 7) is 0. The highest BCUT2D eigenvalue weighted by Crippen LogP contribution is 2.23. The third-order valence-corrected chi connectivity index (χ3v) is 4.94. The molecule has 1 aliphatic heterocycles. The Balaban J connectivity index is 1.87. The Labute approximate surface area is 159 Å². The number of aliphatic hydroxyl groups excluding tert-OH is 1. The van der Waals surface area contributed by atoms with Gasteiger partial charge in [-0.2, -0.15) is 19.6 Å². The van der Waals surface area contributed by atoms with Crippen LogP contribution in [0.25, 0.3) is 11.7 Å². The molecule has 11 heteroatoms. The summed E-state index contributed by atoms with van der Waals surface area (Å²) >= 11 is 0. The lowest BCUT2D eigenvalue weighted by atomic mass is 10.1. The van der Waals surface area contributed by atoms with Gasteiger partial charge in [0.1, 0.15) is 6.23 Å². The van der Waals surface area contributed by atoms with Crippen LogP contribution < -0.4 is 10.6 Å². The molecular formula is C17H16N6O4S. The maximum atomic E-state index is 12.1. The number of carbonyl (C=O) groups excluding carboxylic acids is 1. The van der Waals surface area contributed by atoms with Crippen LogP contribution in [0.3, 0.4) is 0 Å². The highest BCUT2D eigenvalue weighted by Gasteiger charge is 2.25. The molecule has 1 fully saturated rings. The van der Waals surface area contributed by atoms with Crippen molar-refractivity contribution in [3.05, 3.63) is 47.7 Å². The van der Waals surface area contributed by atoms with Crippen molar-refractivity contribution in [2.45, 2.75) is 17.8 Å². The van der Waals surface area contributed by atoms with Crippen molar-refractivity contribution < 1.29 is 18.3 Å². The number of nitrogens with zero attached hydrogens (tertiary/aromatic N) is 4. The molecule has 2 aromatic heterocycles. The summed E-state index contributed by atoms with van der Waals surface area (Å²) in [5.74, 6) is -0.129. The van der Waals surface area contributed by atoms with Crippen LogP contribution in [0.2, 0.25) is 0 Å². The number of para-hydroxylation sites is 1. The minimum absolute atomic E-state index is 0.0393. The third kappa shape index (κ3) is 3.44. The van der Waals surface area contributed by atoms with E-state index in [4.69, 9.17) is 0 Å². The van der Waals surface area contributed by atoms with Crippen LogP contribution in [0.4, 0.5) is 11.6 Å². The molecule has 10 nitrogen and oxygen atoms in total. The van der Waals surface area contributed by atoms with E-state index >= 15 is 0 Å². The lowest BCUT2D eigenvalue weighted by Crippen LogP contribution is -2.25. The largest absolute Gasteiger partial charge is 0.370 e. The van der Waals surface area contributed by atoms with Crippen LogP contribution in [0.1, 0.15) is 12.0 Å². The second kappa shape index (κ2) is 6.69. The molecule has 1 unspecified atom stereocenters. The lowest BCUT2D eigenvalue weighted by molar-refractivity contribution is -0.120. The second-order valence-corrected chi connectivity index (χ2v) is 8.20. The van der Waals surface area contributed by atoms with Gasteiger partial charge in [-0.05, 0) is 23.8 Å². The van der Waals surface area contributed by atoms with Gasteiger partial charge in [-0.1, -0.05) is 18.2 Å². The number of fused-ring (bicyclic) bond motifs is 1. The Morgan fingerprint density at radius 2 is 2.04 bits per heavy atom. The number of nitrogens with one attached hydrogen (secondary N) is 2. The first-order chi connectivity index (χ1) is 13.3. The van der Waals surface area contributed by atoms with Crippen molar-refractivity contribution in [3.63, 3.8) is 0 Å². The van der Waals surface area contributed by atoms with Gasteiger partial charge < -0.3 is 15.7 Å². The van der Waals surface area contributed by atoms with Gasteiger partial charge in [0.15, 0.2) is 5.65 Å². The third-order valence-electron chi connectivity index (χ3n) is 4.09. The number of benzene rings is 1. The molecule has 1 amide bonds. The van der Waals surface area contributed by atoms with Crippen LogP contribution in [-0.4, -0.2) is 51.5 Å². The van der Waals surface area contributed by atoms with E-state index in [1.807, 2.05) is 18.2 Å². The lowest BCUT2D eigenvalue weighted by Gasteiger charge is -2.09. The van der Waals surface area contributed by atoms with Crippen LogP contribution >= 0.6 is 0 Å². The highest BCUT2D eigenvalue weighted by molar-refractivity contribution is 7.90. The van der Waals surface area contributed by atoms with E-state index in [0.717, 1.165) is 6.26 Å². The van der Waals surface area contributed by atoms with Crippen molar-refractivity contribution >= 4 is 39.1 Å². The molecule has 0 aliphatic carbocycles. The summed E-state index contributed by atoms with van der Waals surface area (Å²) in [4.78, 5) is 19.7. The zero-order chi connectivity index (χ0) is 19.9. The van der Waals surface area contributed by atoms with Crippen molar-refractivity contribution in [2.24, 2.45) is 0 Å². The Morgan fingerprint density at radius 3 is 2.68 bits per heavy atom. The number of hydrogen-bond acceptors (Lipinski definition) is 8. The predicted octanol–water partition coefficient (Wildman–Crippen LogP) is 0.493. The van der Waals surface area contributed by atoms with Gasteiger partial charge in [0.05, 0.1) is 12.6 Å². The number of anilines is 2. The molecule has 3 N–H and O–H groups in total. The molecule has 3 heterocycles. The Hall–Kier alpha value is -3.31. The van der Waals surface area contributed by atoms with Gasteiger partial charge in [0.2, 0.25) is 21.7 Å². The van der Waals surface area contributed by atoms with Gasteiger partial charge in [0.25, 0.3) is 5.16 Å². The minimum Gasteiger partial charge on any atom is -0.370 e. The summed E-state index contributed by atoms with van der Waals surface area (Å²) < 4.78 is 25.5. The fraction of sp³-hybridized carbons (Fsp3) is 0.176. The number of hydrogen-bond donors (Lipinski definition) is 3. The number of carbonyl (C=O) groups is 1. The number of amides is 1. The Morgan fingerprint density at radius 1 is 1.29 bits per heavy atom. The smallest absolute Gasteiger partial charge is 0.252 e. The van der Waals surface area contributed by atoms with Crippen molar-refractivity contribution in [3.8, 4) is 0 Å². The second-order valence-electron chi connectivity index (χ2n) is 6.29. The molecule has 3 aromatic rings. The van der Waals surface area contributed by atoms with E-state index in [0.29, 0.717) is 16.8 Å². The maximum Gasteiger partial charge on any atom is 0.252 e. The average molecular weight is 400 g/mol. The predicted molar refractivity (Wildman–Crippen MR) is 100 cm³/mol. The van der Waals surface area contributed by atoms with E-state index < -0.39 is 16.1 Å². The standard InChI is InChI=1S/C17H16N6O4S/c1-28(26,27)17-21-14-11(7-10-8-13(24)20-15(10)25)9-18-23(14)16(22-17)19-12-5-3-2-4-6-12/h2-7,9,15,25H,8H2,1H3,(H,20,24)(H,19,21,22). The summed E-state index contributed by atoms with van der Waals surface area (Å²) in [5.41, 5.74) is 1.82. The van der Waals surface area contributed by atoms with Crippen LogP contribution in [-0.2, 0) is 14.6 Å². The van der Waals surface area contributed by atoms with Crippen LogP contribution in [0.15, 0.2) is 47.3 Å². The number of aromatic nitrogens is 4. The van der Waals surface area contributed by atoms with Gasteiger partial charge in [-0.3, -0.25) is 4.79 Å². The summed E-state index contributed by atoms with van der Waals surface area (Å²) in [7, 11) is -3.69. The number of sulfone groups is 1. The Bertz CT molecular complexity index is 1200. The van der Waals surface area contributed by atoms with Crippen molar-refractivity contribution in [1.29, 1.82) is 0 Å². The molecule has 0 radical (unpaired) electrons. The van der Waals surface area contributed by atoms with Gasteiger partial charge >= 0.3 is 0 Å². The molecule has 0 saturated carbocycles. The molecule has 1 aromatic carbocycles. The van der Waals surface area contributed by atoms with E-state index in [9.17, 15) is 18.3 Å². The molecule has 1 atom stereocenters. The van der Waals surface area contributed by atoms with E-state index in [1.165, 1.54) is 10.7 Å². The van der Waals surface area contributed by atoms with E-state index in [-0.39, 0.29) is 29.1 Å². The molecule has 1 aliphatic rings. The summed E-state index contributed by atoms with van der Waals surface area (Å²) in [6.07, 6.45) is 2.99. The monoisotopic (exact) mass is 400 g/mol. The molecule has 28 heavy (non-hydrogen) atoms. The fourth-order valence-corrected chi connectivity index (χ4v) is 3.29. The zero-order valence-corrected chi connectivity index (χ0v) is 15.5. The SMILES string of the molecule is CS(=O)(=O)c1nc(Nc2ccccc2)n2ncc(C=C3CC(=O)NC3O)c2n1. The molecule has 0 spiro atoms. The Kier molecular flexibility index (Phi) is 4.32. The van der Waals surface area contributed by atoms with Crippen LogP contribution in [0.5, 0.6) is 0 Å². The van der Waals surface area contributed by atoms with E-state index in [2.05, 4.69) is 25.7 Å². The first kappa shape index (κ1) is 18.1. The average Bonchev–Trinajstić information content (AvgIpc) is 3.18. The summed E-state index contributed by atoms with van der Waals surface area (Å²) in [5, 5.41) is 19.2. The summed E-state index contributed by atoms with van der Waals surface area (Å²) in [6, 6.07) is 9.09. The quantitative estimate of drug-likeness (QED) is 0.575. The van der Waals surface area contributed by atoms with Crippen LogP contribution in [0, 0.1) is 0 Å². The molecular weight excluding hydrogens is 384 g/mol.